The normalized spacial score (nSPS) is 17.1. The molecule has 2 saturated heterocycles. The van der Waals surface area contributed by atoms with Gasteiger partial charge in [-0.1, -0.05) is 45.0 Å². The summed E-state index contributed by atoms with van der Waals surface area (Å²) in [5.74, 6) is -9.56. The first-order valence-corrected chi connectivity index (χ1v) is 26.3. The number of rotatable bonds is 18. The number of hydrogen-bond acceptors (Lipinski definition) is 13. The molecule has 25 heteroatoms. The predicted octanol–water partition coefficient (Wildman–Crippen LogP) is 9.66. The summed E-state index contributed by atoms with van der Waals surface area (Å²) in [4.78, 5) is 79.2. The van der Waals surface area contributed by atoms with Crippen molar-refractivity contribution >= 4 is 69.6 Å². The zero-order valence-corrected chi connectivity index (χ0v) is 46.2. The number of hydrogen-bond donors (Lipinski definition) is 2. The van der Waals surface area contributed by atoms with Crippen LogP contribution in [0, 0.1) is 46.9 Å². The van der Waals surface area contributed by atoms with Gasteiger partial charge in [0.1, 0.15) is 41.6 Å². The molecule has 3 aromatic carbocycles. The van der Waals surface area contributed by atoms with Gasteiger partial charge in [0, 0.05) is 31.6 Å². The lowest BCUT2D eigenvalue weighted by Gasteiger charge is -2.35. The lowest BCUT2D eigenvalue weighted by atomic mass is 9.85. The van der Waals surface area contributed by atoms with Crippen molar-refractivity contribution in [3.05, 3.63) is 112 Å². The first-order valence-electron chi connectivity index (χ1n) is 25.0. The van der Waals surface area contributed by atoms with E-state index in [1.165, 1.54) is 43.1 Å². The molecule has 2 aliphatic rings. The van der Waals surface area contributed by atoms with Crippen LogP contribution in [0.1, 0.15) is 96.2 Å². The van der Waals surface area contributed by atoms with Gasteiger partial charge in [-0.2, -0.15) is 18.4 Å². The van der Waals surface area contributed by atoms with Gasteiger partial charge in [-0.05, 0) is 93.6 Å². The largest absolute Gasteiger partial charge is 0.488 e. The number of nitrogens with one attached hydrogen (secondary N) is 2. The highest BCUT2D eigenvalue weighted by atomic mass is 32.1. The van der Waals surface area contributed by atoms with Crippen molar-refractivity contribution in [3.8, 4) is 33.5 Å². The Bertz CT molecular complexity index is 3250. The predicted molar refractivity (Wildman–Crippen MR) is 284 cm³/mol. The number of amides is 4. The molecule has 4 amide bonds. The third-order valence-electron chi connectivity index (χ3n) is 13.3. The Morgan fingerprint density at radius 1 is 0.938 bits per heavy atom. The minimum absolute atomic E-state index is 0.00315. The maximum Gasteiger partial charge on any atom is 0.420 e. The van der Waals surface area contributed by atoms with Gasteiger partial charge in [0.15, 0.2) is 34.1 Å². The number of anilines is 2. The molecule has 2 N–H and O–H groups in total. The Balaban J connectivity index is 0.912. The number of nitrogens with zero attached hydrogens (tertiary/aromatic N) is 6. The van der Waals surface area contributed by atoms with E-state index < -0.39 is 134 Å². The summed E-state index contributed by atoms with van der Waals surface area (Å²) >= 11 is 6.92. The van der Waals surface area contributed by atoms with E-state index in [-0.39, 0.29) is 50.3 Å². The highest BCUT2D eigenvalue weighted by Gasteiger charge is 2.52. The third-order valence-corrected chi connectivity index (χ3v) is 14.7. The Morgan fingerprint density at radius 2 is 1.60 bits per heavy atom. The molecule has 7 rings (SSSR count). The van der Waals surface area contributed by atoms with Gasteiger partial charge in [0.2, 0.25) is 17.7 Å². The van der Waals surface area contributed by atoms with E-state index >= 15 is 17.6 Å². The number of esters is 1. The number of ether oxygens (including phenoxy) is 3. The number of likely N-dealkylation sites (tertiary alicyclic amines) is 1. The van der Waals surface area contributed by atoms with Crippen molar-refractivity contribution < 1.29 is 68.9 Å². The Labute approximate surface area is 465 Å². The summed E-state index contributed by atoms with van der Waals surface area (Å²) in [7, 11) is 0. The summed E-state index contributed by atoms with van der Waals surface area (Å²) in [6.07, 6.45) is -4.61. The van der Waals surface area contributed by atoms with E-state index in [4.69, 9.17) is 26.4 Å². The molecule has 0 radical (unpaired) electrons. The number of nitriles is 1. The molecule has 2 aliphatic heterocycles. The average molecular weight is 1150 g/mol. The van der Waals surface area contributed by atoms with Gasteiger partial charge < -0.3 is 34.6 Å². The number of aromatic nitrogens is 2. The van der Waals surface area contributed by atoms with Crippen LogP contribution >= 0.6 is 23.6 Å². The smallest absolute Gasteiger partial charge is 0.420 e. The van der Waals surface area contributed by atoms with Gasteiger partial charge in [-0.15, -0.1) is 11.3 Å². The quantitative estimate of drug-likeness (QED) is 0.0365. The summed E-state index contributed by atoms with van der Waals surface area (Å²) < 4.78 is 120. The zero-order chi connectivity index (χ0) is 58.8. The fraction of sp³-hybridized carbons (Fsp3) is 0.400. The van der Waals surface area contributed by atoms with Crippen molar-refractivity contribution in [1.29, 1.82) is 5.26 Å². The number of carbonyl (C=O) groups is 5. The van der Waals surface area contributed by atoms with Crippen LogP contribution in [0.2, 0.25) is 0 Å². The SMILES string of the molecule is CC(=O)O[C@@H]1C[C@@H](C(=O)N[C@@H](C)c2ccc(-c3scnc3C)cc2)N(C(=O)[C@@H](NC(=O)COCCCCOc2c(F)cc(-c3ncc(N4C(=S)N(c5ccc(C#N)c(C(F)(F)F)c5F)C(=O)C4(C)C)cc3F)cc2F)C(C)(C)C)C1. The number of alkyl halides is 3. The fourth-order valence-corrected chi connectivity index (χ4v) is 10.6. The average Bonchev–Trinajstić information content (AvgIpc) is 4.28. The molecule has 0 saturated carbocycles. The molecular weight excluding hydrogens is 1100 g/mol. The van der Waals surface area contributed by atoms with Crippen molar-refractivity contribution in [2.75, 3.05) is 36.2 Å². The number of thiocarbonyl (C=S) groups is 1. The Kier molecular flexibility index (Phi) is 18.1. The minimum Gasteiger partial charge on any atom is -0.488 e. The van der Waals surface area contributed by atoms with Gasteiger partial charge in [0.25, 0.3) is 5.91 Å². The van der Waals surface area contributed by atoms with Crippen molar-refractivity contribution in [2.45, 2.75) is 111 Å². The fourth-order valence-electron chi connectivity index (χ4n) is 9.31. The van der Waals surface area contributed by atoms with E-state index in [1.807, 2.05) is 38.1 Å². The molecule has 424 valence electrons. The second-order valence-corrected chi connectivity index (χ2v) is 21.8. The first-order chi connectivity index (χ1) is 37.5. The van der Waals surface area contributed by atoms with Crippen LogP contribution in [-0.2, 0) is 39.6 Å². The molecule has 16 nitrogen and oxygen atoms in total. The van der Waals surface area contributed by atoms with Crippen LogP contribution in [0.3, 0.4) is 0 Å². The number of aryl methyl sites for hydroxylation is 1. The molecule has 4 atom stereocenters. The van der Waals surface area contributed by atoms with Gasteiger partial charge >= 0.3 is 12.1 Å². The van der Waals surface area contributed by atoms with Gasteiger partial charge in [0.05, 0.1) is 64.5 Å². The number of pyridine rings is 1. The number of carbonyl (C=O) groups excluding carboxylic acids is 5. The summed E-state index contributed by atoms with van der Waals surface area (Å²) in [6, 6.07) is 10.2. The van der Waals surface area contributed by atoms with Crippen LogP contribution in [0.15, 0.2) is 66.3 Å². The van der Waals surface area contributed by atoms with Crippen LogP contribution in [0.25, 0.3) is 21.7 Å². The molecule has 2 fully saturated rings. The van der Waals surface area contributed by atoms with E-state index in [0.717, 1.165) is 57.1 Å². The molecule has 80 heavy (non-hydrogen) atoms. The second kappa shape index (κ2) is 24.0. The first kappa shape index (κ1) is 60.1. The molecule has 4 heterocycles. The van der Waals surface area contributed by atoms with Crippen molar-refractivity contribution in [2.24, 2.45) is 5.41 Å². The Morgan fingerprint density at radius 3 is 2.19 bits per heavy atom. The topological polar surface area (TPSA) is 196 Å². The lowest BCUT2D eigenvalue weighted by molar-refractivity contribution is -0.147. The highest BCUT2D eigenvalue weighted by molar-refractivity contribution is 7.81. The number of unbranched alkanes of at least 4 members (excludes halogenated alkanes) is 1. The molecule has 0 bridgehead atoms. The molecule has 0 spiro atoms. The summed E-state index contributed by atoms with van der Waals surface area (Å²) in [5, 5.41) is 14.3. The monoisotopic (exact) mass is 1150 g/mol. The van der Waals surface area contributed by atoms with E-state index in [0.29, 0.717) is 11.0 Å². The number of benzene rings is 3. The Hall–Kier alpha value is -7.56. The minimum atomic E-state index is -5.31. The van der Waals surface area contributed by atoms with Crippen LogP contribution in [-0.4, -0.2) is 99.7 Å². The molecular formula is C55H55F7N8O8S2. The van der Waals surface area contributed by atoms with E-state index in [1.54, 1.807) is 26.3 Å². The van der Waals surface area contributed by atoms with Crippen molar-refractivity contribution in [3.63, 3.8) is 0 Å². The molecule has 5 aromatic rings. The maximum absolute atomic E-state index is 15.8. The number of halogens is 7. The third kappa shape index (κ3) is 12.9. The lowest BCUT2D eigenvalue weighted by Crippen LogP contribution is -2.58. The molecule has 2 aromatic heterocycles. The summed E-state index contributed by atoms with van der Waals surface area (Å²) in [6.45, 7) is 12.0. The number of thiazole rings is 1. The van der Waals surface area contributed by atoms with Crippen molar-refractivity contribution in [1.82, 2.24) is 25.5 Å². The van der Waals surface area contributed by atoms with Gasteiger partial charge in [-0.25, -0.2) is 22.5 Å². The molecule has 0 aliphatic carbocycles. The van der Waals surface area contributed by atoms with Crippen LogP contribution < -0.4 is 25.2 Å². The standard InChI is InChI=1S/C55H55F7N8O8S2/c1-28(31-11-13-32(14-12-31)47-29(2)65-27-80-47)66-49(73)41-22-36(78-30(3)71)25-68(41)50(74)48(53(4,5)6)67-42(72)26-76-17-9-10-18-77-46-38(57)19-34(20-39(46)58)45-37(56)21-35(24-64-45)70-52(79)69(51(75)54(70,7)8)40-16-15-33(23-63)43(44(40)59)55(60,61)62/h11-16,19-21,24,27-28,36,41,48H,9-10,17-18,22,25-26H2,1-8H3,(H,66,73)(H,67,72)/t28-,36+,41-,48+/m0/s1. The second-order valence-electron chi connectivity index (χ2n) is 20.6. The highest BCUT2D eigenvalue weighted by Crippen LogP contribution is 2.43. The van der Waals surface area contributed by atoms with E-state index in [2.05, 4.69) is 20.6 Å². The van der Waals surface area contributed by atoms with E-state index in [9.17, 15) is 42.4 Å². The van der Waals surface area contributed by atoms with Crippen LogP contribution in [0.4, 0.5) is 42.1 Å². The zero-order valence-electron chi connectivity index (χ0n) is 44.5. The molecule has 0 unspecified atom stereocenters. The summed E-state index contributed by atoms with van der Waals surface area (Å²) in [5.41, 5.74) is -3.09. The maximum atomic E-state index is 15.8. The van der Waals surface area contributed by atoms with Gasteiger partial charge in [-0.3, -0.25) is 33.9 Å². The van der Waals surface area contributed by atoms with Crippen LogP contribution in [0.5, 0.6) is 5.75 Å².